The number of hydrogen-bond donors (Lipinski definition) is 1. The maximum absolute atomic E-state index is 13.9. The van der Waals surface area contributed by atoms with Gasteiger partial charge in [0.05, 0.1) is 4.92 Å². The van der Waals surface area contributed by atoms with E-state index >= 15 is 0 Å². The van der Waals surface area contributed by atoms with Gasteiger partial charge in [0.25, 0.3) is 15.0 Å². The van der Waals surface area contributed by atoms with Gasteiger partial charge in [0.2, 0.25) is 5.82 Å². The van der Waals surface area contributed by atoms with Gasteiger partial charge >= 0.3 is 5.69 Å². The number of carbonyl (C=O) groups is 1. The minimum absolute atomic E-state index is 0.108. The van der Waals surface area contributed by atoms with Crippen molar-refractivity contribution in [3.05, 3.63) is 46.0 Å². The standard InChI is InChI=1S/C10H7ClF2N2O5S/c1-2-3-14-10(16)7-8(12)5(15(17)18)4-6(9(7)13)21(11,19)20/h2,4H,1,3H2,(H,14,16). The normalized spacial score (nSPS) is 11.0. The van der Waals surface area contributed by atoms with Gasteiger partial charge in [0.15, 0.2) is 5.82 Å². The van der Waals surface area contributed by atoms with E-state index in [0.717, 1.165) is 0 Å². The number of nitro benzene ring substituents is 1. The second-order valence-electron chi connectivity index (χ2n) is 3.59. The molecule has 0 saturated carbocycles. The molecule has 1 amide bonds. The average Bonchev–Trinajstić information content (AvgIpc) is 2.34. The monoisotopic (exact) mass is 340 g/mol. The summed E-state index contributed by atoms with van der Waals surface area (Å²) in [6, 6.07) is 0.108. The predicted octanol–water partition coefficient (Wildman–Crippen LogP) is 1.72. The highest BCUT2D eigenvalue weighted by Gasteiger charge is 2.33. The van der Waals surface area contributed by atoms with Crippen LogP contribution in [0.4, 0.5) is 14.5 Å². The lowest BCUT2D eigenvalue weighted by Crippen LogP contribution is -2.26. The first kappa shape index (κ1) is 17.0. The van der Waals surface area contributed by atoms with Crippen molar-refractivity contribution in [2.24, 2.45) is 0 Å². The molecule has 11 heteroatoms. The van der Waals surface area contributed by atoms with Crippen molar-refractivity contribution in [3.8, 4) is 0 Å². The Morgan fingerprint density at radius 2 is 2.05 bits per heavy atom. The van der Waals surface area contributed by atoms with E-state index in [1.54, 1.807) is 0 Å². The topological polar surface area (TPSA) is 106 Å². The molecule has 1 aromatic rings. The third kappa shape index (κ3) is 3.52. The largest absolute Gasteiger partial charge is 0.348 e. The Labute approximate surface area is 121 Å². The van der Waals surface area contributed by atoms with Gasteiger partial charge in [-0.1, -0.05) is 6.08 Å². The summed E-state index contributed by atoms with van der Waals surface area (Å²) in [5, 5.41) is 12.6. The smallest absolute Gasteiger partial charge is 0.307 e. The Morgan fingerprint density at radius 3 is 2.48 bits per heavy atom. The van der Waals surface area contributed by atoms with E-state index in [1.165, 1.54) is 6.08 Å². The highest BCUT2D eigenvalue weighted by molar-refractivity contribution is 8.13. The lowest BCUT2D eigenvalue weighted by molar-refractivity contribution is -0.387. The summed E-state index contributed by atoms with van der Waals surface area (Å²) in [5.74, 6) is -4.99. The Morgan fingerprint density at radius 1 is 1.48 bits per heavy atom. The molecule has 0 saturated heterocycles. The van der Waals surface area contributed by atoms with Crippen molar-refractivity contribution < 1.29 is 26.9 Å². The van der Waals surface area contributed by atoms with Gasteiger partial charge in [-0.15, -0.1) is 6.58 Å². The van der Waals surface area contributed by atoms with Gasteiger partial charge in [-0.3, -0.25) is 14.9 Å². The maximum atomic E-state index is 13.9. The van der Waals surface area contributed by atoms with Crippen molar-refractivity contribution in [2.75, 3.05) is 6.54 Å². The Bertz CT molecular complexity index is 735. The van der Waals surface area contributed by atoms with E-state index < -0.39 is 47.7 Å². The zero-order valence-electron chi connectivity index (χ0n) is 10.1. The van der Waals surface area contributed by atoms with Gasteiger partial charge in [-0.05, 0) is 0 Å². The summed E-state index contributed by atoms with van der Waals surface area (Å²) >= 11 is 0. The van der Waals surface area contributed by atoms with Crippen molar-refractivity contribution in [1.29, 1.82) is 0 Å². The number of halogens is 3. The van der Waals surface area contributed by atoms with Crippen molar-refractivity contribution in [2.45, 2.75) is 4.90 Å². The number of nitrogens with one attached hydrogen (secondary N) is 1. The molecule has 0 bridgehead atoms. The van der Waals surface area contributed by atoms with E-state index in [-0.39, 0.29) is 12.6 Å². The summed E-state index contributed by atoms with van der Waals surface area (Å²) in [4.78, 5) is 19.6. The first-order valence-corrected chi connectivity index (χ1v) is 7.42. The van der Waals surface area contributed by atoms with Crippen molar-refractivity contribution in [1.82, 2.24) is 5.32 Å². The molecule has 0 spiro atoms. The molecule has 0 radical (unpaired) electrons. The molecular formula is C10H7ClF2N2O5S. The highest BCUT2D eigenvalue weighted by Crippen LogP contribution is 2.30. The van der Waals surface area contributed by atoms with Crippen LogP contribution >= 0.6 is 10.7 Å². The number of nitrogens with zero attached hydrogens (tertiary/aromatic N) is 1. The van der Waals surface area contributed by atoms with E-state index in [9.17, 15) is 32.1 Å². The van der Waals surface area contributed by atoms with Gasteiger partial charge in [0.1, 0.15) is 10.5 Å². The van der Waals surface area contributed by atoms with Gasteiger partial charge in [-0.25, -0.2) is 12.8 Å². The fraction of sp³-hybridized carbons (Fsp3) is 0.100. The first-order valence-electron chi connectivity index (χ1n) is 5.11. The van der Waals surface area contributed by atoms with Gasteiger partial charge < -0.3 is 5.32 Å². The second-order valence-corrected chi connectivity index (χ2v) is 6.12. The lowest BCUT2D eigenvalue weighted by atomic mass is 10.1. The zero-order chi connectivity index (χ0) is 16.4. The van der Waals surface area contributed by atoms with Crippen molar-refractivity contribution >= 4 is 31.3 Å². The third-order valence-corrected chi connectivity index (χ3v) is 3.56. The molecule has 0 atom stereocenters. The van der Waals surface area contributed by atoms with Crippen LogP contribution in [0.5, 0.6) is 0 Å². The minimum Gasteiger partial charge on any atom is -0.348 e. The SMILES string of the molecule is C=CCNC(=O)c1c(F)c([N+](=O)[O-])cc(S(=O)(=O)Cl)c1F. The highest BCUT2D eigenvalue weighted by atomic mass is 35.7. The molecule has 0 aliphatic heterocycles. The molecule has 7 nitrogen and oxygen atoms in total. The zero-order valence-corrected chi connectivity index (χ0v) is 11.7. The molecule has 1 N–H and O–H groups in total. The molecule has 21 heavy (non-hydrogen) atoms. The molecule has 0 aliphatic rings. The van der Waals surface area contributed by atoms with E-state index in [4.69, 9.17) is 10.7 Å². The third-order valence-electron chi connectivity index (χ3n) is 2.24. The van der Waals surface area contributed by atoms with E-state index in [0.29, 0.717) is 0 Å². The fourth-order valence-electron chi connectivity index (χ4n) is 1.36. The summed E-state index contributed by atoms with van der Waals surface area (Å²) < 4.78 is 50.1. The average molecular weight is 341 g/mol. The summed E-state index contributed by atoms with van der Waals surface area (Å²) in [6.45, 7) is 3.06. The molecule has 0 aliphatic carbocycles. The van der Waals surface area contributed by atoms with Gasteiger partial charge in [-0.2, -0.15) is 4.39 Å². The Kier molecular flexibility index (Phi) is 4.97. The lowest BCUT2D eigenvalue weighted by Gasteiger charge is -2.08. The number of amides is 1. The summed E-state index contributed by atoms with van der Waals surface area (Å²) in [5.41, 5.74) is -2.80. The Hall–Kier alpha value is -2.07. The first-order chi connectivity index (χ1) is 9.61. The number of nitro groups is 1. The molecule has 0 aromatic heterocycles. The van der Waals surface area contributed by atoms with Crippen LogP contribution in [0.25, 0.3) is 0 Å². The molecule has 1 aromatic carbocycles. The second kappa shape index (κ2) is 6.14. The van der Waals surface area contributed by atoms with Crippen LogP contribution in [0.15, 0.2) is 23.6 Å². The van der Waals surface area contributed by atoms with Crippen LogP contribution in [0.3, 0.4) is 0 Å². The van der Waals surface area contributed by atoms with Gasteiger partial charge in [0, 0.05) is 23.3 Å². The molecule has 0 fully saturated rings. The van der Waals surface area contributed by atoms with Crippen LogP contribution in [0.1, 0.15) is 10.4 Å². The van der Waals surface area contributed by atoms with Crippen LogP contribution in [0, 0.1) is 21.7 Å². The number of carbonyl (C=O) groups excluding carboxylic acids is 1. The molecular weight excluding hydrogens is 334 g/mol. The maximum Gasteiger partial charge on any atom is 0.307 e. The molecule has 0 heterocycles. The summed E-state index contributed by atoms with van der Waals surface area (Å²) in [6.07, 6.45) is 1.18. The van der Waals surface area contributed by atoms with Crippen LogP contribution in [-0.4, -0.2) is 25.8 Å². The minimum atomic E-state index is -4.76. The number of hydrogen-bond acceptors (Lipinski definition) is 5. The molecule has 0 unspecified atom stereocenters. The van der Waals surface area contributed by atoms with Crippen LogP contribution < -0.4 is 5.32 Å². The summed E-state index contributed by atoms with van der Waals surface area (Å²) in [7, 11) is 0.156. The van der Waals surface area contributed by atoms with Crippen LogP contribution in [-0.2, 0) is 9.05 Å². The van der Waals surface area contributed by atoms with E-state index in [1.807, 2.05) is 5.32 Å². The molecule has 1 rings (SSSR count). The quantitative estimate of drug-likeness (QED) is 0.380. The number of benzene rings is 1. The van der Waals surface area contributed by atoms with Crippen molar-refractivity contribution in [3.63, 3.8) is 0 Å². The van der Waals surface area contributed by atoms with Crippen LogP contribution in [0.2, 0.25) is 0 Å². The Balaban J connectivity index is 3.69. The number of rotatable bonds is 5. The fourth-order valence-corrected chi connectivity index (χ4v) is 2.27. The van der Waals surface area contributed by atoms with E-state index in [2.05, 4.69) is 6.58 Å². The predicted molar refractivity (Wildman–Crippen MR) is 68.6 cm³/mol. The molecule has 114 valence electrons.